The Bertz CT molecular complexity index is 1850. The summed E-state index contributed by atoms with van der Waals surface area (Å²) in [6, 6.07) is 17.0. The standard InChI is InChI=1S/C32H31FN8O3/c1-2-41-25(17-35-38-41)18-40-29-15-23(32(42)43)8-9-28(29)36-30(40)19-39-12-10-22(11-13-39)27-4-3-5-31(37-27)44-20-24-7-6-21(16-34)14-26(24)33/h3-9,14-15,17,22H,2,10-13,18-20H2,1H3,(H,42,43). The van der Waals surface area contributed by atoms with Gasteiger partial charge in [-0.3, -0.25) is 4.90 Å². The first-order chi connectivity index (χ1) is 21.4. The molecule has 44 heavy (non-hydrogen) atoms. The molecule has 1 aliphatic rings. The molecule has 0 spiro atoms. The molecule has 1 aliphatic heterocycles. The molecule has 2 aromatic carbocycles. The van der Waals surface area contributed by atoms with Crippen LogP contribution in [0.2, 0.25) is 0 Å². The van der Waals surface area contributed by atoms with Gasteiger partial charge in [-0.15, -0.1) is 5.10 Å². The number of piperidine rings is 1. The highest BCUT2D eigenvalue weighted by Crippen LogP contribution is 2.29. The second kappa shape index (κ2) is 12.6. The first kappa shape index (κ1) is 28.9. The molecule has 0 radical (unpaired) electrons. The van der Waals surface area contributed by atoms with Gasteiger partial charge >= 0.3 is 5.97 Å². The van der Waals surface area contributed by atoms with Crippen LogP contribution in [0.1, 0.15) is 64.4 Å². The Balaban J connectivity index is 1.14. The number of aromatic carboxylic acids is 1. The average molecular weight is 595 g/mol. The summed E-state index contributed by atoms with van der Waals surface area (Å²) in [5.74, 6) is 0.0878. The summed E-state index contributed by atoms with van der Waals surface area (Å²) in [5, 5.41) is 26.7. The molecule has 11 nitrogen and oxygen atoms in total. The zero-order chi connectivity index (χ0) is 30.6. The molecule has 1 saturated heterocycles. The van der Waals surface area contributed by atoms with Crippen molar-refractivity contribution >= 4 is 17.0 Å². The van der Waals surface area contributed by atoms with Gasteiger partial charge in [0.05, 0.1) is 53.2 Å². The number of likely N-dealkylation sites (tertiary alicyclic amines) is 1. The molecule has 0 amide bonds. The molecular formula is C32H31FN8O3. The summed E-state index contributed by atoms with van der Waals surface area (Å²) >= 11 is 0. The number of halogens is 1. The summed E-state index contributed by atoms with van der Waals surface area (Å²) in [7, 11) is 0. The Hall–Kier alpha value is -5.15. The number of aromatic nitrogens is 6. The Kier molecular flexibility index (Phi) is 8.29. The maximum absolute atomic E-state index is 14.3. The van der Waals surface area contributed by atoms with E-state index in [4.69, 9.17) is 20.0 Å². The van der Waals surface area contributed by atoms with Crippen LogP contribution in [0.4, 0.5) is 4.39 Å². The fourth-order valence-electron chi connectivity index (χ4n) is 5.64. The molecule has 12 heteroatoms. The Morgan fingerprint density at radius 1 is 1.11 bits per heavy atom. The lowest BCUT2D eigenvalue weighted by atomic mass is 9.93. The van der Waals surface area contributed by atoms with Crippen LogP contribution in [-0.4, -0.2) is 58.6 Å². The number of nitriles is 1. The van der Waals surface area contributed by atoms with Crippen molar-refractivity contribution in [1.29, 1.82) is 5.26 Å². The number of imidazole rings is 1. The van der Waals surface area contributed by atoms with Gasteiger partial charge in [-0.25, -0.2) is 23.8 Å². The van der Waals surface area contributed by atoms with E-state index in [0.717, 1.165) is 54.2 Å². The van der Waals surface area contributed by atoms with E-state index in [1.54, 1.807) is 42.6 Å². The van der Waals surface area contributed by atoms with Gasteiger partial charge in [0.2, 0.25) is 5.88 Å². The largest absolute Gasteiger partial charge is 0.478 e. The van der Waals surface area contributed by atoms with Crippen LogP contribution < -0.4 is 4.74 Å². The molecule has 5 aromatic rings. The normalized spacial score (nSPS) is 14.1. The van der Waals surface area contributed by atoms with Crippen LogP contribution in [0.5, 0.6) is 5.88 Å². The van der Waals surface area contributed by atoms with Crippen molar-refractivity contribution in [2.24, 2.45) is 0 Å². The molecule has 224 valence electrons. The van der Waals surface area contributed by atoms with Crippen LogP contribution in [-0.2, 0) is 26.2 Å². The number of pyridine rings is 1. The molecule has 0 aliphatic carbocycles. The van der Waals surface area contributed by atoms with Gasteiger partial charge in [-0.1, -0.05) is 17.3 Å². The second-order valence-electron chi connectivity index (χ2n) is 10.8. The summed E-state index contributed by atoms with van der Waals surface area (Å²) < 4.78 is 24.0. The second-order valence-corrected chi connectivity index (χ2v) is 10.8. The quantitative estimate of drug-likeness (QED) is 0.243. The third kappa shape index (κ3) is 6.14. The topological polar surface area (TPSA) is 135 Å². The van der Waals surface area contributed by atoms with Crippen molar-refractivity contribution in [2.45, 2.75) is 51.9 Å². The Labute approximate surface area is 253 Å². The van der Waals surface area contributed by atoms with Crippen LogP contribution >= 0.6 is 0 Å². The number of carbonyl (C=O) groups is 1. The van der Waals surface area contributed by atoms with Crippen LogP contribution in [0.15, 0.2) is 60.8 Å². The molecule has 1 fully saturated rings. The number of fused-ring (bicyclic) bond motifs is 1. The predicted octanol–water partition coefficient (Wildman–Crippen LogP) is 4.76. The van der Waals surface area contributed by atoms with E-state index in [0.29, 0.717) is 31.1 Å². The molecule has 6 rings (SSSR count). The third-order valence-electron chi connectivity index (χ3n) is 8.07. The van der Waals surface area contributed by atoms with Crippen molar-refractivity contribution in [1.82, 2.24) is 34.4 Å². The summed E-state index contributed by atoms with van der Waals surface area (Å²) in [6.45, 7) is 5.48. The van der Waals surface area contributed by atoms with Crippen molar-refractivity contribution in [3.05, 3.63) is 101 Å². The van der Waals surface area contributed by atoms with Crippen LogP contribution in [0, 0.1) is 17.1 Å². The predicted molar refractivity (Wildman–Crippen MR) is 158 cm³/mol. The third-order valence-corrected chi connectivity index (χ3v) is 8.07. The van der Waals surface area contributed by atoms with E-state index in [1.807, 2.05) is 29.8 Å². The average Bonchev–Trinajstić information content (AvgIpc) is 3.64. The van der Waals surface area contributed by atoms with Gasteiger partial charge in [0.1, 0.15) is 18.2 Å². The zero-order valence-electron chi connectivity index (χ0n) is 24.2. The molecule has 4 heterocycles. The number of rotatable bonds is 10. The van der Waals surface area contributed by atoms with Crippen LogP contribution in [0.3, 0.4) is 0 Å². The lowest BCUT2D eigenvalue weighted by Crippen LogP contribution is -2.33. The number of hydrogen-bond donors (Lipinski definition) is 1. The van der Waals surface area contributed by atoms with E-state index in [2.05, 4.69) is 19.8 Å². The van der Waals surface area contributed by atoms with E-state index in [-0.39, 0.29) is 23.7 Å². The number of benzene rings is 2. The first-order valence-corrected chi connectivity index (χ1v) is 14.5. The van der Waals surface area contributed by atoms with E-state index < -0.39 is 11.8 Å². The monoisotopic (exact) mass is 594 g/mol. The van der Waals surface area contributed by atoms with Crippen LogP contribution in [0.25, 0.3) is 11.0 Å². The highest BCUT2D eigenvalue weighted by atomic mass is 19.1. The fraction of sp³-hybridized carbons (Fsp3) is 0.312. The summed E-state index contributed by atoms with van der Waals surface area (Å²) in [6.07, 6.45) is 3.53. The number of nitrogens with zero attached hydrogens (tertiary/aromatic N) is 8. The number of carboxylic acids is 1. The fourth-order valence-corrected chi connectivity index (χ4v) is 5.64. The lowest BCUT2D eigenvalue weighted by molar-refractivity contribution is 0.0697. The van der Waals surface area contributed by atoms with Crippen molar-refractivity contribution in [2.75, 3.05) is 13.1 Å². The summed E-state index contributed by atoms with van der Waals surface area (Å²) in [4.78, 5) is 23.7. The molecular weight excluding hydrogens is 563 g/mol. The van der Waals surface area contributed by atoms with Gasteiger partial charge in [0, 0.05) is 29.8 Å². The molecule has 0 bridgehead atoms. The minimum Gasteiger partial charge on any atom is -0.478 e. The summed E-state index contributed by atoms with van der Waals surface area (Å²) in [5.41, 5.74) is 4.22. The van der Waals surface area contributed by atoms with Crippen molar-refractivity contribution in [3.63, 3.8) is 0 Å². The Morgan fingerprint density at radius 3 is 2.70 bits per heavy atom. The number of aryl methyl sites for hydroxylation is 1. The van der Waals surface area contributed by atoms with E-state index in [1.165, 1.54) is 6.07 Å². The molecule has 3 aromatic heterocycles. The molecule has 0 atom stereocenters. The van der Waals surface area contributed by atoms with Gasteiger partial charge in [0.25, 0.3) is 0 Å². The zero-order valence-corrected chi connectivity index (χ0v) is 24.2. The minimum atomic E-state index is -0.979. The highest BCUT2D eigenvalue weighted by molar-refractivity contribution is 5.92. The molecule has 0 unspecified atom stereocenters. The van der Waals surface area contributed by atoms with Gasteiger partial charge in [-0.2, -0.15) is 5.26 Å². The highest BCUT2D eigenvalue weighted by Gasteiger charge is 2.24. The number of ether oxygens (including phenoxy) is 1. The van der Waals surface area contributed by atoms with Gasteiger partial charge in [0.15, 0.2) is 0 Å². The van der Waals surface area contributed by atoms with Gasteiger partial charge < -0.3 is 14.4 Å². The first-order valence-electron chi connectivity index (χ1n) is 14.5. The molecule has 1 N–H and O–H groups in total. The smallest absolute Gasteiger partial charge is 0.335 e. The van der Waals surface area contributed by atoms with Crippen molar-refractivity contribution < 1.29 is 19.0 Å². The maximum Gasteiger partial charge on any atom is 0.335 e. The number of hydrogen-bond acceptors (Lipinski definition) is 8. The van der Waals surface area contributed by atoms with Gasteiger partial charge in [-0.05, 0) is 69.3 Å². The number of carboxylic acid groups (broad SMARTS) is 1. The Morgan fingerprint density at radius 2 is 1.95 bits per heavy atom. The van der Waals surface area contributed by atoms with E-state index in [9.17, 15) is 14.3 Å². The van der Waals surface area contributed by atoms with E-state index >= 15 is 0 Å². The molecule has 0 saturated carbocycles. The van der Waals surface area contributed by atoms with Crippen molar-refractivity contribution in [3.8, 4) is 11.9 Å². The lowest BCUT2D eigenvalue weighted by Gasteiger charge is -2.31. The minimum absolute atomic E-state index is 0.0243. The maximum atomic E-state index is 14.3. The SMILES string of the molecule is CCn1nncc1Cn1c(CN2CCC(c3cccc(OCc4ccc(C#N)cc4F)n3)CC2)nc2ccc(C(=O)O)cc21.